The molecule has 2 atom stereocenters. The number of hydrogen-bond donors (Lipinski definition) is 2. The van der Waals surface area contributed by atoms with Gasteiger partial charge in [0.15, 0.2) is 12.1 Å². The first kappa shape index (κ1) is 20.8. The number of amides is 1. The monoisotopic (exact) mass is 465 g/mol. The predicted molar refractivity (Wildman–Crippen MR) is 128 cm³/mol. The van der Waals surface area contributed by atoms with Crippen LogP contribution in [0.2, 0.25) is 0 Å². The Morgan fingerprint density at radius 2 is 1.86 bits per heavy atom. The van der Waals surface area contributed by atoms with Gasteiger partial charge in [-0.25, -0.2) is 9.67 Å². The second kappa shape index (κ2) is 8.23. The predicted octanol–water partition coefficient (Wildman–Crippen LogP) is 4.02. The number of carbonyl (C=O) groups is 2. The molecule has 3 heterocycles. The van der Waals surface area contributed by atoms with Gasteiger partial charge in [0.2, 0.25) is 0 Å². The average molecular weight is 465 g/mol. The number of epoxide rings is 1. The lowest BCUT2D eigenvalue weighted by molar-refractivity contribution is -0.108. The number of nitrogens with zero attached hydrogens (tertiary/aromatic N) is 4. The van der Waals surface area contributed by atoms with Crippen molar-refractivity contribution in [2.75, 3.05) is 5.32 Å². The number of aromatic nitrogens is 4. The van der Waals surface area contributed by atoms with E-state index in [9.17, 15) is 14.8 Å². The normalized spacial score (nSPS) is 16.8. The molecule has 2 unspecified atom stereocenters. The first-order chi connectivity index (χ1) is 17.1. The standard InChI is InChI=1S/C26H19N5O4/c32-15-23-24(35-23)18-6-11-21-22(14-18)31(34)25(29-21)16-2-7-19(8-3-16)28-26(33)17-4-9-20(10-5-17)30-13-1-12-27-30/h1-15,23-24,34H,(H,28,33). The molecule has 6 rings (SSSR count). The Kier molecular flexibility index (Phi) is 4.89. The van der Waals surface area contributed by atoms with Crippen LogP contribution in [0.4, 0.5) is 5.69 Å². The Labute approximate surface area is 199 Å². The molecule has 1 amide bonds. The number of fused-ring (bicyclic) bond motifs is 1. The van der Waals surface area contributed by atoms with Crippen molar-refractivity contribution in [3.63, 3.8) is 0 Å². The van der Waals surface area contributed by atoms with E-state index in [1.54, 1.807) is 59.4 Å². The fourth-order valence-electron chi connectivity index (χ4n) is 4.03. The summed E-state index contributed by atoms with van der Waals surface area (Å²) in [6.45, 7) is 0. The molecule has 1 aliphatic heterocycles. The first-order valence-electron chi connectivity index (χ1n) is 10.9. The summed E-state index contributed by atoms with van der Waals surface area (Å²) < 4.78 is 8.05. The maximum absolute atomic E-state index is 12.7. The zero-order valence-electron chi connectivity index (χ0n) is 18.3. The summed E-state index contributed by atoms with van der Waals surface area (Å²) >= 11 is 0. The van der Waals surface area contributed by atoms with Crippen LogP contribution in [-0.4, -0.2) is 43.0 Å². The molecule has 0 spiro atoms. The fraction of sp³-hybridized carbons (Fsp3) is 0.0769. The van der Waals surface area contributed by atoms with Gasteiger partial charge in [0.25, 0.3) is 5.91 Å². The molecule has 3 aromatic carbocycles. The van der Waals surface area contributed by atoms with Gasteiger partial charge < -0.3 is 20.1 Å². The van der Waals surface area contributed by atoms with Gasteiger partial charge in [-0.3, -0.25) is 4.79 Å². The van der Waals surface area contributed by atoms with Crippen LogP contribution >= 0.6 is 0 Å². The first-order valence-corrected chi connectivity index (χ1v) is 10.9. The molecule has 9 nitrogen and oxygen atoms in total. The van der Waals surface area contributed by atoms with E-state index in [1.165, 1.54) is 0 Å². The Bertz CT molecular complexity index is 1540. The van der Waals surface area contributed by atoms with Crippen LogP contribution in [-0.2, 0) is 9.53 Å². The molecule has 2 N–H and O–H groups in total. The highest BCUT2D eigenvalue weighted by atomic mass is 16.6. The SMILES string of the molecule is O=CC1OC1c1ccc2nc(-c3ccc(NC(=O)c4ccc(-n5cccn5)cc4)cc3)n(O)c2c1. The molecular weight excluding hydrogens is 446 g/mol. The van der Waals surface area contributed by atoms with E-state index in [1.807, 2.05) is 30.5 Å². The van der Waals surface area contributed by atoms with Crippen LogP contribution in [0, 0.1) is 0 Å². The Morgan fingerprint density at radius 3 is 2.54 bits per heavy atom. The van der Waals surface area contributed by atoms with Gasteiger partial charge >= 0.3 is 0 Å². The van der Waals surface area contributed by atoms with E-state index in [-0.39, 0.29) is 12.0 Å². The third kappa shape index (κ3) is 3.83. The van der Waals surface area contributed by atoms with Gasteiger partial charge in [0.05, 0.1) is 11.2 Å². The van der Waals surface area contributed by atoms with Crippen LogP contribution in [0.1, 0.15) is 22.0 Å². The molecule has 1 fully saturated rings. The number of carbonyl (C=O) groups excluding carboxylic acids is 2. The van der Waals surface area contributed by atoms with Crippen molar-refractivity contribution in [3.05, 3.63) is 96.3 Å². The highest BCUT2D eigenvalue weighted by molar-refractivity contribution is 6.04. The van der Waals surface area contributed by atoms with Gasteiger partial charge in [-0.15, -0.1) is 0 Å². The van der Waals surface area contributed by atoms with Crippen LogP contribution < -0.4 is 5.32 Å². The van der Waals surface area contributed by atoms with Gasteiger partial charge in [-0.05, 0) is 72.3 Å². The smallest absolute Gasteiger partial charge is 0.255 e. The Morgan fingerprint density at radius 1 is 1.06 bits per heavy atom. The maximum atomic E-state index is 12.7. The number of nitrogens with one attached hydrogen (secondary N) is 1. The number of imidazole rings is 1. The number of anilines is 1. The van der Waals surface area contributed by atoms with Crippen molar-refractivity contribution < 1.29 is 19.5 Å². The molecule has 1 aliphatic rings. The minimum absolute atomic E-state index is 0.234. The summed E-state index contributed by atoms with van der Waals surface area (Å²) in [6.07, 6.45) is 3.59. The quantitative estimate of drug-likeness (QED) is 0.222. The van der Waals surface area contributed by atoms with Crippen molar-refractivity contribution in [2.45, 2.75) is 12.2 Å². The molecule has 172 valence electrons. The average Bonchev–Trinajstić information content (AvgIpc) is 3.33. The summed E-state index contributed by atoms with van der Waals surface area (Å²) in [4.78, 5) is 28.1. The van der Waals surface area contributed by atoms with Gasteiger partial charge in [-0.1, -0.05) is 6.07 Å². The van der Waals surface area contributed by atoms with Crippen LogP contribution in [0.3, 0.4) is 0 Å². The minimum atomic E-state index is -0.431. The summed E-state index contributed by atoms with van der Waals surface area (Å²) in [5.41, 5.74) is 4.63. The van der Waals surface area contributed by atoms with E-state index in [0.717, 1.165) is 22.3 Å². The Balaban J connectivity index is 1.19. The highest BCUT2D eigenvalue weighted by Crippen LogP contribution is 2.38. The van der Waals surface area contributed by atoms with Gasteiger partial charge in [0.1, 0.15) is 17.7 Å². The summed E-state index contributed by atoms with van der Waals surface area (Å²) in [5.74, 6) is 0.135. The second-order valence-electron chi connectivity index (χ2n) is 8.18. The van der Waals surface area contributed by atoms with Crippen molar-refractivity contribution in [1.82, 2.24) is 19.5 Å². The number of benzene rings is 3. The molecular formula is C26H19N5O4. The van der Waals surface area contributed by atoms with E-state index in [4.69, 9.17) is 4.74 Å². The third-order valence-corrected chi connectivity index (χ3v) is 5.94. The van der Waals surface area contributed by atoms with E-state index in [2.05, 4.69) is 15.4 Å². The number of aldehydes is 1. The highest BCUT2D eigenvalue weighted by Gasteiger charge is 2.40. The summed E-state index contributed by atoms with van der Waals surface area (Å²) in [5, 5.41) is 17.8. The third-order valence-electron chi connectivity index (χ3n) is 5.94. The number of ether oxygens (including phenoxy) is 1. The summed E-state index contributed by atoms with van der Waals surface area (Å²) in [7, 11) is 0. The van der Waals surface area contributed by atoms with Gasteiger partial charge in [0, 0.05) is 29.2 Å². The van der Waals surface area contributed by atoms with Crippen LogP contribution in [0.25, 0.3) is 28.1 Å². The number of rotatable bonds is 6. The lowest BCUT2D eigenvalue weighted by Gasteiger charge is -2.08. The zero-order valence-corrected chi connectivity index (χ0v) is 18.3. The van der Waals surface area contributed by atoms with Crippen LogP contribution in [0.5, 0.6) is 0 Å². The van der Waals surface area contributed by atoms with Crippen molar-refractivity contribution >= 4 is 28.9 Å². The number of hydrogen-bond acceptors (Lipinski definition) is 6. The lowest BCUT2D eigenvalue weighted by Crippen LogP contribution is -2.12. The summed E-state index contributed by atoms with van der Waals surface area (Å²) in [6, 6.07) is 21.4. The van der Waals surface area contributed by atoms with E-state index >= 15 is 0 Å². The molecule has 0 aliphatic carbocycles. The van der Waals surface area contributed by atoms with Crippen molar-refractivity contribution in [1.29, 1.82) is 0 Å². The molecule has 0 bridgehead atoms. The molecule has 9 heteroatoms. The molecule has 35 heavy (non-hydrogen) atoms. The molecule has 0 saturated carbocycles. The van der Waals surface area contributed by atoms with Crippen molar-refractivity contribution in [3.8, 4) is 17.1 Å². The van der Waals surface area contributed by atoms with Crippen LogP contribution in [0.15, 0.2) is 85.2 Å². The molecule has 1 saturated heterocycles. The lowest BCUT2D eigenvalue weighted by atomic mass is 10.1. The largest absolute Gasteiger partial charge is 0.426 e. The molecule has 5 aromatic rings. The Hall–Kier alpha value is -4.76. The van der Waals surface area contributed by atoms with E-state index < -0.39 is 6.10 Å². The topological polar surface area (TPSA) is 115 Å². The zero-order chi connectivity index (χ0) is 23.9. The fourth-order valence-corrected chi connectivity index (χ4v) is 4.03. The van der Waals surface area contributed by atoms with Gasteiger partial charge in [-0.2, -0.15) is 9.83 Å². The van der Waals surface area contributed by atoms with Crippen molar-refractivity contribution in [2.24, 2.45) is 0 Å². The molecule has 0 radical (unpaired) electrons. The second-order valence-corrected chi connectivity index (χ2v) is 8.18. The van der Waals surface area contributed by atoms with E-state index in [0.29, 0.717) is 33.7 Å². The minimum Gasteiger partial charge on any atom is -0.426 e. The maximum Gasteiger partial charge on any atom is 0.255 e. The molecule has 2 aromatic heterocycles.